The van der Waals surface area contributed by atoms with Gasteiger partial charge in [0.25, 0.3) is 0 Å². The molecule has 0 saturated carbocycles. The van der Waals surface area contributed by atoms with Crippen molar-refractivity contribution in [2.24, 2.45) is 0 Å². The van der Waals surface area contributed by atoms with Crippen molar-refractivity contribution in [2.45, 2.75) is 25.0 Å². The molecule has 1 unspecified atom stereocenters. The summed E-state index contributed by atoms with van der Waals surface area (Å²) in [6.45, 7) is -0.221. The highest BCUT2D eigenvalue weighted by Crippen LogP contribution is 2.33. The van der Waals surface area contributed by atoms with E-state index in [1.807, 2.05) is 12.1 Å². The quantitative estimate of drug-likeness (QED) is 0.692. The van der Waals surface area contributed by atoms with Crippen molar-refractivity contribution in [3.63, 3.8) is 0 Å². The first-order chi connectivity index (χ1) is 7.70. The predicted octanol–water partition coefficient (Wildman–Crippen LogP) is 0.398. The zero-order chi connectivity index (χ0) is 11.5. The lowest BCUT2D eigenvalue weighted by Crippen LogP contribution is -2.21. The maximum absolute atomic E-state index is 9.61. The molecule has 0 radical (unpaired) electrons. The van der Waals surface area contributed by atoms with Crippen LogP contribution in [0.4, 0.5) is 0 Å². The molecule has 16 heavy (non-hydrogen) atoms. The monoisotopic (exact) mass is 224 g/mol. The maximum atomic E-state index is 9.61. The van der Waals surface area contributed by atoms with Gasteiger partial charge in [-0.1, -0.05) is 6.07 Å². The number of fused-ring (bicyclic) bond motifs is 1. The van der Waals surface area contributed by atoms with Crippen LogP contribution in [-0.2, 0) is 6.42 Å². The summed E-state index contributed by atoms with van der Waals surface area (Å²) in [6.07, 6.45) is 0.417. The van der Waals surface area contributed by atoms with Crippen molar-refractivity contribution < 1.29 is 20.1 Å². The van der Waals surface area contributed by atoms with E-state index < -0.39 is 6.10 Å². The number of hydrogen-bond donors (Lipinski definition) is 3. The van der Waals surface area contributed by atoms with Gasteiger partial charge in [0.1, 0.15) is 18.5 Å². The van der Waals surface area contributed by atoms with Crippen LogP contribution in [0.1, 0.15) is 23.7 Å². The molecular weight excluding hydrogens is 208 g/mol. The van der Waals surface area contributed by atoms with Gasteiger partial charge in [0, 0.05) is 0 Å². The molecule has 0 heterocycles. The molecule has 1 aliphatic carbocycles. The molecule has 0 aromatic heterocycles. The van der Waals surface area contributed by atoms with Gasteiger partial charge in [0.15, 0.2) is 0 Å². The Morgan fingerprint density at radius 1 is 1.44 bits per heavy atom. The molecule has 0 bridgehead atoms. The first-order valence-corrected chi connectivity index (χ1v) is 5.43. The summed E-state index contributed by atoms with van der Waals surface area (Å²) in [4.78, 5) is 0. The van der Waals surface area contributed by atoms with Gasteiger partial charge < -0.3 is 20.1 Å². The summed E-state index contributed by atoms with van der Waals surface area (Å²) < 4.78 is 5.33. The smallest absolute Gasteiger partial charge is 0.119 e. The fourth-order valence-corrected chi connectivity index (χ4v) is 1.91. The van der Waals surface area contributed by atoms with Gasteiger partial charge in [-0.25, -0.2) is 0 Å². The van der Waals surface area contributed by atoms with Crippen molar-refractivity contribution in [1.82, 2.24) is 0 Å². The number of ether oxygens (including phenoxy) is 1. The number of aryl methyl sites for hydroxylation is 1. The maximum Gasteiger partial charge on any atom is 0.119 e. The molecule has 0 amide bonds. The number of aliphatic hydroxyl groups excluding tert-OH is 3. The molecule has 1 aromatic carbocycles. The zero-order valence-electron chi connectivity index (χ0n) is 8.97. The van der Waals surface area contributed by atoms with Gasteiger partial charge >= 0.3 is 0 Å². The Balaban J connectivity index is 2.02. The van der Waals surface area contributed by atoms with Crippen LogP contribution in [0.2, 0.25) is 0 Å². The summed E-state index contributed by atoms with van der Waals surface area (Å²) in [5, 5.41) is 27.4. The summed E-state index contributed by atoms with van der Waals surface area (Å²) in [7, 11) is 0. The van der Waals surface area contributed by atoms with E-state index in [0.29, 0.717) is 5.75 Å². The van der Waals surface area contributed by atoms with Crippen LogP contribution in [0.5, 0.6) is 5.75 Å². The highest BCUT2D eigenvalue weighted by atomic mass is 16.5. The van der Waals surface area contributed by atoms with E-state index in [4.69, 9.17) is 14.9 Å². The molecule has 1 aromatic rings. The normalized spacial score (nSPS) is 20.6. The van der Waals surface area contributed by atoms with E-state index in [0.717, 1.165) is 24.0 Å². The van der Waals surface area contributed by atoms with Gasteiger partial charge in [-0.05, 0) is 36.1 Å². The second-order valence-electron chi connectivity index (χ2n) is 4.06. The van der Waals surface area contributed by atoms with E-state index in [2.05, 4.69) is 0 Å². The lowest BCUT2D eigenvalue weighted by atomic mass is 10.1. The van der Waals surface area contributed by atoms with Gasteiger partial charge in [0.2, 0.25) is 0 Å². The van der Waals surface area contributed by atoms with Crippen LogP contribution < -0.4 is 4.74 Å². The Morgan fingerprint density at radius 3 is 3.00 bits per heavy atom. The molecule has 2 rings (SSSR count). The number of aliphatic hydroxyl groups is 3. The molecule has 2 atom stereocenters. The largest absolute Gasteiger partial charge is 0.491 e. The number of rotatable bonds is 4. The molecule has 4 heteroatoms. The Labute approximate surface area is 94.1 Å². The highest BCUT2D eigenvalue weighted by molar-refractivity contribution is 5.39. The molecular formula is C12H16O4. The Bertz CT molecular complexity index is 364. The third-order valence-electron chi connectivity index (χ3n) is 2.81. The van der Waals surface area contributed by atoms with E-state index in [9.17, 15) is 5.11 Å². The Morgan fingerprint density at radius 2 is 2.25 bits per heavy atom. The summed E-state index contributed by atoms with van der Waals surface area (Å²) >= 11 is 0. The van der Waals surface area contributed by atoms with Crippen molar-refractivity contribution in [3.8, 4) is 5.75 Å². The minimum absolute atomic E-state index is 0.0812. The first-order valence-electron chi connectivity index (χ1n) is 5.43. The average molecular weight is 224 g/mol. The van der Waals surface area contributed by atoms with E-state index in [-0.39, 0.29) is 19.3 Å². The topological polar surface area (TPSA) is 69.9 Å². The average Bonchev–Trinajstić information content (AvgIpc) is 2.67. The third-order valence-corrected chi connectivity index (χ3v) is 2.81. The van der Waals surface area contributed by atoms with Crippen LogP contribution in [-0.4, -0.2) is 34.6 Å². The fraction of sp³-hybridized carbons (Fsp3) is 0.500. The van der Waals surface area contributed by atoms with Gasteiger partial charge in [-0.15, -0.1) is 0 Å². The van der Waals surface area contributed by atoms with Gasteiger partial charge in [-0.3, -0.25) is 0 Å². The van der Waals surface area contributed by atoms with Gasteiger partial charge in [-0.2, -0.15) is 0 Å². The zero-order valence-corrected chi connectivity index (χ0v) is 8.97. The Hall–Kier alpha value is -1.10. The molecule has 1 aliphatic rings. The highest BCUT2D eigenvalue weighted by Gasteiger charge is 2.20. The lowest BCUT2D eigenvalue weighted by Gasteiger charge is -2.11. The molecule has 88 valence electrons. The summed E-state index contributed by atoms with van der Waals surface area (Å²) in [5.41, 5.74) is 2.07. The summed E-state index contributed by atoms with van der Waals surface area (Å²) in [6, 6.07) is 5.51. The minimum atomic E-state index is -0.848. The molecule has 3 N–H and O–H groups in total. The van der Waals surface area contributed by atoms with Crippen LogP contribution >= 0.6 is 0 Å². The van der Waals surface area contributed by atoms with E-state index in [1.165, 1.54) is 0 Å². The second kappa shape index (κ2) is 4.82. The first kappa shape index (κ1) is 11.4. The van der Waals surface area contributed by atoms with Crippen LogP contribution in [0, 0.1) is 0 Å². The van der Waals surface area contributed by atoms with Crippen molar-refractivity contribution in [1.29, 1.82) is 0 Å². The summed E-state index contributed by atoms with van der Waals surface area (Å²) in [5.74, 6) is 0.667. The predicted molar refractivity (Wildman–Crippen MR) is 58.3 cm³/mol. The van der Waals surface area contributed by atoms with Crippen LogP contribution in [0.15, 0.2) is 18.2 Å². The minimum Gasteiger partial charge on any atom is -0.491 e. The lowest BCUT2D eigenvalue weighted by molar-refractivity contribution is 0.0536. The second-order valence-corrected chi connectivity index (χ2v) is 4.06. The molecule has 0 fully saturated rings. The Kier molecular flexibility index (Phi) is 3.43. The van der Waals surface area contributed by atoms with E-state index in [1.54, 1.807) is 6.07 Å². The van der Waals surface area contributed by atoms with Crippen molar-refractivity contribution in [2.75, 3.05) is 13.2 Å². The molecule has 0 spiro atoms. The molecule has 4 nitrogen and oxygen atoms in total. The molecule has 0 aliphatic heterocycles. The third kappa shape index (κ3) is 2.35. The number of hydrogen-bond acceptors (Lipinski definition) is 4. The van der Waals surface area contributed by atoms with Crippen molar-refractivity contribution >= 4 is 0 Å². The van der Waals surface area contributed by atoms with Crippen LogP contribution in [0.25, 0.3) is 0 Å². The standard InChI is InChI=1S/C12H16O4/c13-6-9(14)7-16-10-2-3-11-8(5-10)1-4-12(11)15/h2-3,5,9,12-15H,1,4,6-7H2/t9?,12-/m0/s1. The van der Waals surface area contributed by atoms with E-state index >= 15 is 0 Å². The van der Waals surface area contributed by atoms with Gasteiger partial charge in [0.05, 0.1) is 12.7 Å². The van der Waals surface area contributed by atoms with Crippen LogP contribution in [0.3, 0.4) is 0 Å². The van der Waals surface area contributed by atoms with Crippen molar-refractivity contribution in [3.05, 3.63) is 29.3 Å². The number of benzene rings is 1. The SMILES string of the molecule is OCC(O)COc1ccc2c(c1)CC[C@@H]2O. The molecule has 0 saturated heterocycles. The fourth-order valence-electron chi connectivity index (χ4n) is 1.91.